The molecular formula is C22H28ClN3O5S3. The zero-order valence-electron chi connectivity index (χ0n) is 19.4. The quantitative estimate of drug-likeness (QED) is 0.405. The molecule has 3 rings (SSSR count). The molecule has 0 aliphatic rings. The van der Waals surface area contributed by atoms with E-state index < -0.39 is 25.6 Å². The Morgan fingerprint density at radius 1 is 0.941 bits per heavy atom. The van der Waals surface area contributed by atoms with Gasteiger partial charge in [0.1, 0.15) is 0 Å². The number of benzene rings is 2. The second kappa shape index (κ2) is 11.1. The molecule has 3 aromatic rings. The maximum absolute atomic E-state index is 13.6. The van der Waals surface area contributed by atoms with Crippen molar-refractivity contribution in [2.24, 2.45) is 0 Å². The molecule has 1 heterocycles. The summed E-state index contributed by atoms with van der Waals surface area (Å²) >= 11 is 1.20. The second-order valence-electron chi connectivity index (χ2n) is 7.65. The number of thiazole rings is 1. The number of rotatable bonds is 9. The number of hydrogen-bond acceptors (Lipinski definition) is 8. The van der Waals surface area contributed by atoms with Gasteiger partial charge in [-0.05, 0) is 43.4 Å². The molecule has 0 radical (unpaired) electrons. The van der Waals surface area contributed by atoms with E-state index in [0.717, 1.165) is 25.6 Å². The van der Waals surface area contributed by atoms with Crippen molar-refractivity contribution in [1.29, 1.82) is 0 Å². The first-order valence-electron chi connectivity index (χ1n) is 10.4. The molecule has 0 saturated carbocycles. The Kier molecular flexibility index (Phi) is 9.23. The number of nitrogens with zero attached hydrogens (tertiary/aromatic N) is 3. The third kappa shape index (κ3) is 6.33. The normalized spacial score (nSPS) is 12.0. The van der Waals surface area contributed by atoms with Crippen molar-refractivity contribution >= 4 is 64.7 Å². The molecular weight excluding hydrogens is 518 g/mol. The summed E-state index contributed by atoms with van der Waals surface area (Å²) in [6, 6.07) is 10.8. The first kappa shape index (κ1) is 28.2. The monoisotopic (exact) mass is 545 g/mol. The van der Waals surface area contributed by atoms with Gasteiger partial charge in [0, 0.05) is 25.6 Å². The van der Waals surface area contributed by atoms with Crippen LogP contribution in [0, 0.1) is 0 Å². The van der Waals surface area contributed by atoms with Crippen LogP contribution < -0.4 is 4.90 Å². The van der Waals surface area contributed by atoms with E-state index in [4.69, 9.17) is 0 Å². The van der Waals surface area contributed by atoms with Crippen molar-refractivity contribution in [2.45, 2.75) is 23.6 Å². The summed E-state index contributed by atoms with van der Waals surface area (Å²) in [5, 5.41) is 0.385. The fraction of sp³-hybridized carbons (Fsp3) is 0.364. The second-order valence-corrected chi connectivity index (χ2v) is 12.7. The van der Waals surface area contributed by atoms with Gasteiger partial charge in [-0.3, -0.25) is 9.69 Å². The molecule has 0 N–H and O–H groups in total. The molecule has 0 aliphatic carbocycles. The fourth-order valence-electron chi connectivity index (χ4n) is 3.42. The predicted octanol–water partition coefficient (Wildman–Crippen LogP) is 3.51. The van der Waals surface area contributed by atoms with E-state index >= 15 is 0 Å². The molecule has 186 valence electrons. The van der Waals surface area contributed by atoms with E-state index in [2.05, 4.69) is 9.88 Å². The lowest BCUT2D eigenvalue weighted by atomic mass is 10.2. The number of sulfone groups is 2. The molecule has 12 heteroatoms. The van der Waals surface area contributed by atoms with E-state index in [-0.39, 0.29) is 27.8 Å². The topological polar surface area (TPSA) is 105 Å². The van der Waals surface area contributed by atoms with Gasteiger partial charge in [-0.15, -0.1) is 12.4 Å². The van der Waals surface area contributed by atoms with Crippen LogP contribution in [0.3, 0.4) is 0 Å². The van der Waals surface area contributed by atoms with Crippen LogP contribution in [0.25, 0.3) is 10.2 Å². The number of fused-ring (bicyclic) bond motifs is 1. The molecule has 1 aromatic heterocycles. The lowest BCUT2D eigenvalue weighted by molar-refractivity contribution is 0.0980. The largest absolute Gasteiger partial charge is 0.302 e. The lowest BCUT2D eigenvalue weighted by Crippen LogP contribution is -2.39. The number of anilines is 1. The minimum absolute atomic E-state index is 0. The van der Waals surface area contributed by atoms with Crippen LogP contribution in [-0.4, -0.2) is 71.3 Å². The molecule has 1 amide bonds. The highest BCUT2D eigenvalue weighted by Gasteiger charge is 2.26. The van der Waals surface area contributed by atoms with Gasteiger partial charge >= 0.3 is 0 Å². The highest BCUT2D eigenvalue weighted by molar-refractivity contribution is 7.91. The van der Waals surface area contributed by atoms with Crippen LogP contribution in [0.1, 0.15) is 24.2 Å². The van der Waals surface area contributed by atoms with E-state index in [1.165, 1.54) is 34.4 Å². The standard InChI is InChI=1S/C22H27N3O5S3.ClH/c1-5-24(6-2)13-14-25(21(26)17-9-7-8-10-20(17)33(4,29)30)22-23-18-12-11-16(32(3,27)28)15-19(18)31-22;/h7-12,15H,5-6,13-14H2,1-4H3;1H. The van der Waals surface area contributed by atoms with Crippen LogP contribution in [0.15, 0.2) is 52.3 Å². The molecule has 0 bridgehead atoms. The van der Waals surface area contributed by atoms with Crippen LogP contribution in [0.5, 0.6) is 0 Å². The van der Waals surface area contributed by atoms with E-state index in [9.17, 15) is 21.6 Å². The van der Waals surface area contributed by atoms with Crippen molar-refractivity contribution in [1.82, 2.24) is 9.88 Å². The van der Waals surface area contributed by atoms with E-state index in [0.29, 0.717) is 28.4 Å². The number of carbonyl (C=O) groups excluding carboxylic acids is 1. The molecule has 0 spiro atoms. The van der Waals surface area contributed by atoms with Crippen LogP contribution in [0.2, 0.25) is 0 Å². The Labute approximate surface area is 210 Å². The van der Waals surface area contributed by atoms with Gasteiger partial charge in [0.05, 0.1) is 25.6 Å². The average molecular weight is 546 g/mol. The highest BCUT2D eigenvalue weighted by atomic mass is 35.5. The summed E-state index contributed by atoms with van der Waals surface area (Å²) in [4.78, 5) is 21.9. The molecule has 2 aromatic carbocycles. The van der Waals surface area contributed by atoms with Crippen molar-refractivity contribution in [3.8, 4) is 0 Å². The Bertz CT molecular complexity index is 1380. The number of amides is 1. The van der Waals surface area contributed by atoms with Crippen molar-refractivity contribution in [2.75, 3.05) is 43.6 Å². The van der Waals surface area contributed by atoms with E-state index in [1.54, 1.807) is 24.3 Å². The van der Waals surface area contributed by atoms with Gasteiger partial charge in [0.25, 0.3) is 5.91 Å². The summed E-state index contributed by atoms with van der Waals surface area (Å²) in [5.74, 6) is -0.467. The SMILES string of the molecule is CCN(CC)CCN(C(=O)c1ccccc1S(C)(=O)=O)c1nc2ccc(S(C)(=O)=O)cc2s1.Cl. The molecule has 0 aliphatic heterocycles. The van der Waals surface area contributed by atoms with Gasteiger partial charge in [0.2, 0.25) is 0 Å². The minimum Gasteiger partial charge on any atom is -0.302 e. The van der Waals surface area contributed by atoms with Crippen LogP contribution >= 0.6 is 23.7 Å². The molecule has 0 atom stereocenters. The van der Waals surface area contributed by atoms with Gasteiger partial charge in [0.15, 0.2) is 24.8 Å². The smallest absolute Gasteiger partial charge is 0.261 e. The maximum Gasteiger partial charge on any atom is 0.261 e. The zero-order valence-corrected chi connectivity index (χ0v) is 22.7. The highest BCUT2D eigenvalue weighted by Crippen LogP contribution is 2.32. The Morgan fingerprint density at radius 2 is 1.59 bits per heavy atom. The van der Waals surface area contributed by atoms with E-state index in [1.807, 2.05) is 13.8 Å². The summed E-state index contributed by atoms with van der Waals surface area (Å²) < 4.78 is 49.1. The van der Waals surface area contributed by atoms with Gasteiger partial charge in [-0.2, -0.15) is 0 Å². The van der Waals surface area contributed by atoms with Gasteiger partial charge in [-0.1, -0.05) is 37.3 Å². The number of likely N-dealkylation sites (N-methyl/N-ethyl adjacent to an activating group) is 1. The Hall–Kier alpha value is -2.05. The number of aromatic nitrogens is 1. The van der Waals surface area contributed by atoms with Crippen molar-refractivity contribution < 1.29 is 21.6 Å². The predicted molar refractivity (Wildman–Crippen MR) is 139 cm³/mol. The fourth-order valence-corrected chi connectivity index (χ4v) is 6.05. The summed E-state index contributed by atoms with van der Waals surface area (Å²) in [6.45, 7) is 6.53. The number of carbonyl (C=O) groups is 1. The van der Waals surface area contributed by atoms with Crippen molar-refractivity contribution in [3.63, 3.8) is 0 Å². The number of hydrogen-bond donors (Lipinski definition) is 0. The Balaban J connectivity index is 0.00000408. The molecule has 0 saturated heterocycles. The van der Waals surface area contributed by atoms with Crippen molar-refractivity contribution in [3.05, 3.63) is 48.0 Å². The summed E-state index contributed by atoms with van der Waals surface area (Å²) in [6.07, 6.45) is 2.21. The first-order valence-corrected chi connectivity index (χ1v) is 15.0. The maximum atomic E-state index is 13.6. The molecule has 0 unspecified atom stereocenters. The van der Waals surface area contributed by atoms with Gasteiger partial charge in [-0.25, -0.2) is 21.8 Å². The first-order chi connectivity index (χ1) is 15.5. The third-order valence-electron chi connectivity index (χ3n) is 5.30. The average Bonchev–Trinajstić information content (AvgIpc) is 3.18. The molecule has 0 fully saturated rings. The minimum atomic E-state index is -3.62. The molecule has 34 heavy (non-hydrogen) atoms. The number of halogens is 1. The zero-order chi connectivity index (χ0) is 24.4. The van der Waals surface area contributed by atoms with Crippen LogP contribution in [-0.2, 0) is 19.7 Å². The Morgan fingerprint density at radius 3 is 2.18 bits per heavy atom. The molecule has 8 nitrogen and oxygen atoms in total. The third-order valence-corrected chi connectivity index (χ3v) is 8.61. The lowest BCUT2D eigenvalue weighted by Gasteiger charge is -2.25. The summed E-state index contributed by atoms with van der Waals surface area (Å²) in [7, 11) is -7.01. The summed E-state index contributed by atoms with van der Waals surface area (Å²) in [5.41, 5.74) is 0.648. The van der Waals surface area contributed by atoms with Crippen LogP contribution in [0.4, 0.5) is 5.13 Å². The van der Waals surface area contributed by atoms with Gasteiger partial charge < -0.3 is 4.90 Å².